The third-order valence-electron chi connectivity index (χ3n) is 2.09. The molecule has 3 N–H and O–H groups in total. The van der Waals surface area contributed by atoms with Crippen molar-refractivity contribution in [3.8, 4) is 0 Å². The predicted molar refractivity (Wildman–Crippen MR) is 64.2 cm³/mol. The second kappa shape index (κ2) is 4.89. The second-order valence-electron chi connectivity index (χ2n) is 3.23. The van der Waals surface area contributed by atoms with Gasteiger partial charge in [-0.15, -0.1) is 10.2 Å². The van der Waals surface area contributed by atoms with Gasteiger partial charge >= 0.3 is 11.2 Å². The molecule has 2 heterocycles. The fraction of sp³-hybridized carbons (Fsp3) is 0.125. The maximum atomic E-state index is 11.7. The van der Waals surface area contributed by atoms with Crippen molar-refractivity contribution < 1.29 is 4.92 Å². The van der Waals surface area contributed by atoms with Crippen molar-refractivity contribution in [3.63, 3.8) is 0 Å². The Morgan fingerprint density at radius 1 is 1.56 bits per heavy atom. The first kappa shape index (κ1) is 12.1. The standard InChI is InChI=1S/C8H8N6O3S/c9-10-8-12-11-6(18-8)4-13-3-1-2-5(7(13)15)14(16)17/h1-3H,4,9H2,(H,10,12). The lowest BCUT2D eigenvalue weighted by Gasteiger charge is -2.01. The number of hydrogen-bond donors (Lipinski definition) is 2. The summed E-state index contributed by atoms with van der Waals surface area (Å²) < 4.78 is 1.19. The fourth-order valence-electron chi connectivity index (χ4n) is 1.31. The van der Waals surface area contributed by atoms with E-state index >= 15 is 0 Å². The fourth-order valence-corrected chi connectivity index (χ4v) is 1.96. The van der Waals surface area contributed by atoms with Crippen molar-refractivity contribution in [3.05, 3.63) is 43.8 Å². The second-order valence-corrected chi connectivity index (χ2v) is 4.29. The molecule has 18 heavy (non-hydrogen) atoms. The van der Waals surface area contributed by atoms with Crippen LogP contribution in [0.4, 0.5) is 10.8 Å². The Hall–Kier alpha value is -2.33. The Bertz CT molecular complexity index is 636. The summed E-state index contributed by atoms with van der Waals surface area (Å²) >= 11 is 1.16. The molecular formula is C8H8N6O3S. The lowest BCUT2D eigenvalue weighted by atomic mass is 10.4. The minimum atomic E-state index is -0.716. The summed E-state index contributed by atoms with van der Waals surface area (Å²) in [5.41, 5.74) is 1.17. The molecule has 0 amide bonds. The molecular weight excluding hydrogens is 260 g/mol. The highest BCUT2D eigenvalue weighted by Crippen LogP contribution is 2.14. The highest BCUT2D eigenvalue weighted by molar-refractivity contribution is 7.15. The maximum Gasteiger partial charge on any atom is 0.334 e. The Morgan fingerprint density at radius 3 is 2.94 bits per heavy atom. The zero-order chi connectivity index (χ0) is 13.1. The topological polar surface area (TPSA) is 129 Å². The molecule has 2 aromatic heterocycles. The van der Waals surface area contributed by atoms with Crippen LogP contribution in [0.5, 0.6) is 0 Å². The van der Waals surface area contributed by atoms with Gasteiger partial charge in [-0.2, -0.15) is 0 Å². The zero-order valence-corrected chi connectivity index (χ0v) is 9.75. The van der Waals surface area contributed by atoms with Gasteiger partial charge in [0.2, 0.25) is 5.13 Å². The number of pyridine rings is 1. The number of nitrogens with two attached hydrogens (primary N) is 1. The summed E-state index contributed by atoms with van der Waals surface area (Å²) in [6.45, 7) is 0.111. The molecule has 0 aliphatic rings. The van der Waals surface area contributed by atoms with Crippen LogP contribution in [-0.4, -0.2) is 19.7 Å². The SMILES string of the molecule is NNc1nnc(Cn2cccc([N+](=O)[O-])c2=O)s1. The van der Waals surface area contributed by atoms with Crippen molar-refractivity contribution in [1.82, 2.24) is 14.8 Å². The summed E-state index contributed by atoms with van der Waals surface area (Å²) in [7, 11) is 0. The molecule has 10 heteroatoms. The molecule has 0 bridgehead atoms. The molecule has 0 aliphatic carbocycles. The minimum Gasteiger partial charge on any atom is -0.303 e. The third-order valence-corrected chi connectivity index (χ3v) is 2.93. The lowest BCUT2D eigenvalue weighted by molar-refractivity contribution is -0.386. The first-order chi connectivity index (χ1) is 8.61. The van der Waals surface area contributed by atoms with Gasteiger partial charge in [0.05, 0.1) is 11.5 Å². The van der Waals surface area contributed by atoms with Gasteiger partial charge < -0.3 is 4.57 Å². The van der Waals surface area contributed by atoms with Gasteiger partial charge in [0.1, 0.15) is 5.01 Å². The molecule has 2 aromatic rings. The molecule has 0 saturated heterocycles. The van der Waals surface area contributed by atoms with E-state index in [9.17, 15) is 14.9 Å². The zero-order valence-electron chi connectivity index (χ0n) is 8.94. The van der Waals surface area contributed by atoms with E-state index in [4.69, 9.17) is 5.84 Å². The predicted octanol–water partition coefficient (Wildman–Crippen LogP) is -0.0581. The first-order valence-electron chi connectivity index (χ1n) is 4.74. The van der Waals surface area contributed by atoms with Crippen molar-refractivity contribution in [2.75, 3.05) is 5.43 Å². The highest BCUT2D eigenvalue weighted by Gasteiger charge is 2.14. The van der Waals surface area contributed by atoms with Crippen LogP contribution in [0.2, 0.25) is 0 Å². The van der Waals surface area contributed by atoms with Gasteiger partial charge in [0.25, 0.3) is 0 Å². The van der Waals surface area contributed by atoms with Gasteiger partial charge in [-0.25, -0.2) is 5.84 Å². The molecule has 2 rings (SSSR count). The van der Waals surface area contributed by atoms with Crippen molar-refractivity contribution in [2.45, 2.75) is 6.54 Å². The molecule has 0 radical (unpaired) electrons. The number of nitro groups is 1. The van der Waals surface area contributed by atoms with E-state index in [2.05, 4.69) is 15.6 Å². The number of nitrogens with one attached hydrogen (secondary N) is 1. The molecule has 94 valence electrons. The monoisotopic (exact) mass is 268 g/mol. The molecule has 0 spiro atoms. The van der Waals surface area contributed by atoms with Crippen LogP contribution in [0.1, 0.15) is 5.01 Å². The largest absolute Gasteiger partial charge is 0.334 e. The van der Waals surface area contributed by atoms with Crippen molar-refractivity contribution in [2.24, 2.45) is 5.84 Å². The van der Waals surface area contributed by atoms with Gasteiger partial charge in [0, 0.05) is 12.3 Å². The molecule has 0 saturated carbocycles. The number of aromatic nitrogens is 3. The Balaban J connectivity index is 2.32. The summed E-state index contributed by atoms with van der Waals surface area (Å²) in [5, 5.41) is 19.0. The van der Waals surface area contributed by atoms with Crippen LogP contribution in [0.15, 0.2) is 23.1 Å². The van der Waals surface area contributed by atoms with Crippen LogP contribution in [-0.2, 0) is 6.54 Å². The summed E-state index contributed by atoms with van der Waals surface area (Å²) in [5.74, 6) is 5.15. The molecule has 0 aromatic carbocycles. The summed E-state index contributed by atoms with van der Waals surface area (Å²) in [4.78, 5) is 21.6. The molecule has 0 unspecified atom stereocenters. The average Bonchev–Trinajstić information content (AvgIpc) is 2.79. The quantitative estimate of drug-likeness (QED) is 0.451. The number of hydrogen-bond acceptors (Lipinski definition) is 8. The van der Waals surface area contributed by atoms with Crippen molar-refractivity contribution >= 4 is 22.2 Å². The van der Waals surface area contributed by atoms with E-state index in [1.807, 2.05) is 0 Å². The van der Waals surface area contributed by atoms with Gasteiger partial charge in [-0.05, 0) is 6.07 Å². The van der Waals surface area contributed by atoms with Crippen LogP contribution in [0.3, 0.4) is 0 Å². The van der Waals surface area contributed by atoms with Crippen LogP contribution >= 0.6 is 11.3 Å². The van der Waals surface area contributed by atoms with E-state index in [-0.39, 0.29) is 6.54 Å². The third kappa shape index (κ3) is 2.33. The summed E-state index contributed by atoms with van der Waals surface area (Å²) in [6.07, 6.45) is 1.45. The number of hydrazine groups is 1. The number of rotatable bonds is 4. The lowest BCUT2D eigenvalue weighted by Crippen LogP contribution is -2.22. The first-order valence-corrected chi connectivity index (χ1v) is 5.56. The van der Waals surface area contributed by atoms with Crippen LogP contribution in [0, 0.1) is 10.1 Å². The Labute approximate surface area is 104 Å². The van der Waals surface area contributed by atoms with Crippen LogP contribution < -0.4 is 16.8 Å². The highest BCUT2D eigenvalue weighted by atomic mass is 32.1. The molecule has 0 aliphatic heterocycles. The van der Waals surface area contributed by atoms with E-state index < -0.39 is 16.2 Å². The van der Waals surface area contributed by atoms with Crippen molar-refractivity contribution in [1.29, 1.82) is 0 Å². The number of anilines is 1. The van der Waals surface area contributed by atoms with E-state index in [1.165, 1.54) is 16.8 Å². The molecule has 0 atom stereocenters. The van der Waals surface area contributed by atoms with E-state index in [1.54, 1.807) is 0 Å². The smallest absolute Gasteiger partial charge is 0.303 e. The van der Waals surface area contributed by atoms with E-state index in [0.717, 1.165) is 17.4 Å². The molecule has 9 nitrogen and oxygen atoms in total. The average molecular weight is 268 g/mol. The van der Waals surface area contributed by atoms with E-state index in [0.29, 0.717) is 10.1 Å². The maximum absolute atomic E-state index is 11.7. The van der Waals surface area contributed by atoms with Gasteiger partial charge in [-0.1, -0.05) is 11.3 Å². The van der Waals surface area contributed by atoms with Gasteiger partial charge in [-0.3, -0.25) is 20.3 Å². The minimum absolute atomic E-state index is 0.111. The number of nitrogens with zero attached hydrogens (tertiary/aromatic N) is 4. The Morgan fingerprint density at radius 2 is 2.33 bits per heavy atom. The number of nitrogen functional groups attached to an aromatic ring is 1. The normalized spacial score (nSPS) is 10.3. The van der Waals surface area contributed by atoms with Crippen LogP contribution in [0.25, 0.3) is 0 Å². The molecule has 0 fully saturated rings. The summed E-state index contributed by atoms with van der Waals surface area (Å²) in [6, 6.07) is 2.59. The Kier molecular flexibility index (Phi) is 3.30. The van der Waals surface area contributed by atoms with Gasteiger partial charge in [0.15, 0.2) is 0 Å².